The van der Waals surface area contributed by atoms with E-state index >= 15 is 0 Å². The van der Waals surface area contributed by atoms with E-state index in [0.29, 0.717) is 12.3 Å². The Kier molecular flexibility index (Phi) is 6.03. The number of hydrogen-bond acceptors (Lipinski definition) is 2. The topological polar surface area (TPSA) is 49.3 Å². The number of carbonyl (C=O) groups is 1. The number of carbonyl (C=O) groups excluding carboxylic acids is 1. The van der Waals surface area contributed by atoms with Gasteiger partial charge in [0.1, 0.15) is 0 Å². The molecule has 1 aromatic rings. The summed E-state index contributed by atoms with van der Waals surface area (Å²) in [5, 5.41) is 12.1. The Morgan fingerprint density at radius 1 is 1.26 bits per heavy atom. The van der Waals surface area contributed by atoms with Crippen LogP contribution < -0.4 is 5.32 Å². The van der Waals surface area contributed by atoms with Crippen molar-refractivity contribution in [3.8, 4) is 0 Å². The lowest BCUT2D eigenvalue weighted by Gasteiger charge is -2.18. The molecule has 0 aliphatic heterocycles. The quantitative estimate of drug-likeness (QED) is 0.828. The van der Waals surface area contributed by atoms with E-state index in [-0.39, 0.29) is 18.6 Å². The molecule has 0 fully saturated rings. The van der Waals surface area contributed by atoms with Gasteiger partial charge in [0, 0.05) is 0 Å². The highest BCUT2D eigenvalue weighted by molar-refractivity contribution is 5.78. The van der Waals surface area contributed by atoms with Crippen LogP contribution in [0.5, 0.6) is 0 Å². The van der Waals surface area contributed by atoms with Crippen LogP contribution in [0.1, 0.15) is 37.0 Å². The van der Waals surface area contributed by atoms with Crippen molar-refractivity contribution >= 4 is 5.91 Å². The Balaban J connectivity index is 2.56. The molecule has 3 nitrogen and oxygen atoms in total. The van der Waals surface area contributed by atoms with Crippen molar-refractivity contribution < 1.29 is 9.90 Å². The van der Waals surface area contributed by atoms with Crippen molar-refractivity contribution in [1.29, 1.82) is 0 Å². The van der Waals surface area contributed by atoms with Crippen molar-refractivity contribution in [3.05, 3.63) is 34.9 Å². The monoisotopic (exact) mass is 263 g/mol. The summed E-state index contributed by atoms with van der Waals surface area (Å²) in [6.07, 6.45) is 1.17. The van der Waals surface area contributed by atoms with Crippen LogP contribution in [0.15, 0.2) is 18.2 Å². The van der Waals surface area contributed by atoms with Crippen LogP contribution in [-0.4, -0.2) is 23.7 Å². The minimum atomic E-state index is -0.140. The predicted octanol–water partition coefficient (Wildman–Crippen LogP) is 2.37. The minimum Gasteiger partial charge on any atom is -0.394 e. The Labute approximate surface area is 116 Å². The van der Waals surface area contributed by atoms with Gasteiger partial charge in [-0.3, -0.25) is 4.79 Å². The smallest absolute Gasteiger partial charge is 0.224 e. The number of aryl methyl sites for hydroxylation is 2. The number of aliphatic hydroxyl groups is 1. The Bertz CT molecular complexity index is 427. The van der Waals surface area contributed by atoms with Crippen LogP contribution in [0.25, 0.3) is 0 Å². The summed E-state index contributed by atoms with van der Waals surface area (Å²) in [6.45, 7) is 8.27. The van der Waals surface area contributed by atoms with E-state index in [1.807, 2.05) is 25.1 Å². The van der Waals surface area contributed by atoms with Crippen LogP contribution in [0, 0.1) is 19.8 Å². The van der Waals surface area contributed by atoms with Gasteiger partial charge < -0.3 is 10.4 Å². The van der Waals surface area contributed by atoms with Crippen molar-refractivity contribution in [2.75, 3.05) is 6.61 Å². The molecule has 0 saturated carbocycles. The summed E-state index contributed by atoms with van der Waals surface area (Å²) < 4.78 is 0. The fourth-order valence-electron chi connectivity index (χ4n) is 2.13. The summed E-state index contributed by atoms with van der Waals surface area (Å²) in [5.41, 5.74) is 3.45. The van der Waals surface area contributed by atoms with E-state index in [0.717, 1.165) is 12.0 Å². The van der Waals surface area contributed by atoms with Gasteiger partial charge >= 0.3 is 0 Å². The molecule has 0 aromatic heterocycles. The zero-order chi connectivity index (χ0) is 14.4. The summed E-state index contributed by atoms with van der Waals surface area (Å²) in [5.74, 6) is 0.432. The van der Waals surface area contributed by atoms with Crippen LogP contribution in [0.4, 0.5) is 0 Å². The largest absolute Gasteiger partial charge is 0.394 e. The van der Waals surface area contributed by atoms with Crippen LogP contribution in [-0.2, 0) is 11.2 Å². The SMILES string of the molecule is Cc1ccc(CC(=O)NC(CO)CC(C)C)cc1C. The number of rotatable bonds is 6. The lowest BCUT2D eigenvalue weighted by atomic mass is 10.0. The molecule has 0 spiro atoms. The normalized spacial score (nSPS) is 12.5. The zero-order valence-electron chi connectivity index (χ0n) is 12.4. The first kappa shape index (κ1) is 15.7. The molecule has 0 aliphatic carbocycles. The predicted molar refractivity (Wildman–Crippen MR) is 78.1 cm³/mol. The van der Waals surface area contributed by atoms with E-state index in [4.69, 9.17) is 0 Å². The maximum absolute atomic E-state index is 11.9. The van der Waals surface area contributed by atoms with Gasteiger partial charge in [0.2, 0.25) is 5.91 Å². The van der Waals surface area contributed by atoms with Crippen molar-refractivity contribution in [2.24, 2.45) is 5.92 Å². The summed E-state index contributed by atoms with van der Waals surface area (Å²) in [6, 6.07) is 5.93. The van der Waals surface area contributed by atoms with Gasteiger partial charge in [-0.25, -0.2) is 0 Å². The lowest BCUT2D eigenvalue weighted by Crippen LogP contribution is -2.39. The first-order valence-corrected chi connectivity index (χ1v) is 6.88. The van der Waals surface area contributed by atoms with Gasteiger partial charge in [-0.15, -0.1) is 0 Å². The molecule has 0 heterocycles. The van der Waals surface area contributed by atoms with Gasteiger partial charge in [0.05, 0.1) is 19.1 Å². The molecule has 0 bridgehead atoms. The van der Waals surface area contributed by atoms with Crippen molar-refractivity contribution in [2.45, 2.75) is 46.6 Å². The van der Waals surface area contributed by atoms with Crippen LogP contribution in [0.3, 0.4) is 0 Å². The number of amides is 1. The third kappa shape index (κ3) is 5.43. The fraction of sp³-hybridized carbons (Fsp3) is 0.562. The maximum atomic E-state index is 11.9. The molecular weight excluding hydrogens is 238 g/mol. The van der Waals surface area contributed by atoms with Crippen molar-refractivity contribution in [3.63, 3.8) is 0 Å². The van der Waals surface area contributed by atoms with Gasteiger partial charge in [0.25, 0.3) is 0 Å². The van der Waals surface area contributed by atoms with Gasteiger partial charge in [-0.1, -0.05) is 32.0 Å². The first-order chi connectivity index (χ1) is 8.92. The van der Waals surface area contributed by atoms with Gasteiger partial charge in [0.15, 0.2) is 0 Å². The number of nitrogens with one attached hydrogen (secondary N) is 1. The molecule has 1 unspecified atom stereocenters. The fourth-order valence-corrected chi connectivity index (χ4v) is 2.13. The molecule has 1 aromatic carbocycles. The van der Waals surface area contributed by atoms with E-state index < -0.39 is 0 Å². The molecule has 2 N–H and O–H groups in total. The van der Waals surface area contributed by atoms with E-state index in [9.17, 15) is 9.90 Å². The Hall–Kier alpha value is -1.35. The molecule has 19 heavy (non-hydrogen) atoms. The molecule has 0 saturated heterocycles. The second-order valence-electron chi connectivity index (χ2n) is 5.67. The van der Waals surface area contributed by atoms with Gasteiger partial charge in [-0.2, -0.15) is 0 Å². The maximum Gasteiger partial charge on any atom is 0.224 e. The average Bonchev–Trinajstić information content (AvgIpc) is 2.32. The molecule has 1 amide bonds. The number of aliphatic hydroxyl groups excluding tert-OH is 1. The van der Waals surface area contributed by atoms with Gasteiger partial charge in [-0.05, 0) is 42.9 Å². The van der Waals surface area contributed by atoms with E-state index in [1.54, 1.807) is 0 Å². The molecule has 1 rings (SSSR count). The molecule has 106 valence electrons. The zero-order valence-corrected chi connectivity index (χ0v) is 12.4. The second kappa shape index (κ2) is 7.29. The highest BCUT2D eigenvalue weighted by Crippen LogP contribution is 2.11. The number of benzene rings is 1. The highest BCUT2D eigenvalue weighted by Gasteiger charge is 2.13. The Morgan fingerprint density at radius 2 is 1.95 bits per heavy atom. The Morgan fingerprint density at radius 3 is 2.47 bits per heavy atom. The third-order valence-electron chi connectivity index (χ3n) is 3.28. The molecule has 3 heteroatoms. The van der Waals surface area contributed by atoms with Crippen LogP contribution >= 0.6 is 0 Å². The molecular formula is C16H25NO2. The summed E-state index contributed by atoms with van der Waals surface area (Å²) in [4.78, 5) is 11.9. The third-order valence-corrected chi connectivity index (χ3v) is 3.28. The molecule has 0 aliphatic rings. The number of hydrogen-bond donors (Lipinski definition) is 2. The average molecular weight is 263 g/mol. The van der Waals surface area contributed by atoms with Crippen molar-refractivity contribution in [1.82, 2.24) is 5.32 Å². The van der Waals surface area contributed by atoms with E-state index in [1.165, 1.54) is 11.1 Å². The van der Waals surface area contributed by atoms with Crippen LogP contribution in [0.2, 0.25) is 0 Å². The van der Waals surface area contributed by atoms with E-state index in [2.05, 4.69) is 26.1 Å². The minimum absolute atomic E-state index is 0.00313. The second-order valence-corrected chi connectivity index (χ2v) is 5.67. The molecule has 0 radical (unpaired) electrons. The lowest BCUT2D eigenvalue weighted by molar-refractivity contribution is -0.121. The standard InChI is InChI=1S/C16H25NO2/c1-11(2)7-15(10-18)17-16(19)9-14-6-5-12(3)13(4)8-14/h5-6,8,11,15,18H,7,9-10H2,1-4H3,(H,17,19). The highest BCUT2D eigenvalue weighted by atomic mass is 16.3. The summed E-state index contributed by atoms with van der Waals surface area (Å²) >= 11 is 0. The summed E-state index contributed by atoms with van der Waals surface area (Å²) in [7, 11) is 0. The first-order valence-electron chi connectivity index (χ1n) is 6.88. The molecule has 1 atom stereocenters.